The molecule has 8 heteroatoms. The fraction of sp³-hybridized carbons (Fsp3) is 0.174. The molecule has 0 radical (unpaired) electrons. The minimum Gasteiger partial charge on any atom is -0.454 e. The van der Waals surface area contributed by atoms with Crippen LogP contribution in [-0.2, 0) is 24.4 Å². The van der Waals surface area contributed by atoms with E-state index in [1.54, 1.807) is 48.5 Å². The summed E-state index contributed by atoms with van der Waals surface area (Å²) in [6.45, 7) is 0.777. The zero-order valence-electron chi connectivity index (χ0n) is 16.9. The molecule has 0 saturated heterocycles. The van der Waals surface area contributed by atoms with E-state index in [9.17, 15) is 9.59 Å². The van der Waals surface area contributed by atoms with Crippen molar-refractivity contribution < 1.29 is 14.3 Å². The van der Waals surface area contributed by atoms with Crippen molar-refractivity contribution in [2.75, 3.05) is 11.9 Å². The predicted molar refractivity (Wildman–Crippen MR) is 112 cm³/mol. The molecule has 0 aliphatic carbocycles. The SMILES string of the molecule is CN1C(=O)N(Cc2ccc(C#N)cc2)Cc2cc(C(=O)OCc3ccccn3)ncc21. The number of hydrogen-bond donors (Lipinski definition) is 0. The minimum absolute atomic E-state index is 0.0572. The van der Waals surface area contributed by atoms with Crippen molar-refractivity contribution in [3.63, 3.8) is 0 Å². The van der Waals surface area contributed by atoms with Crippen LogP contribution in [0.1, 0.15) is 32.9 Å². The summed E-state index contributed by atoms with van der Waals surface area (Å²) in [6, 6.07) is 16.1. The molecule has 4 rings (SSSR count). The van der Waals surface area contributed by atoms with Crippen LogP contribution in [0.3, 0.4) is 0 Å². The lowest BCUT2D eigenvalue weighted by atomic mass is 10.1. The van der Waals surface area contributed by atoms with E-state index in [2.05, 4.69) is 16.0 Å². The molecule has 0 atom stereocenters. The van der Waals surface area contributed by atoms with Gasteiger partial charge in [0.05, 0.1) is 29.2 Å². The van der Waals surface area contributed by atoms with E-state index in [-0.39, 0.29) is 18.3 Å². The molecule has 0 unspecified atom stereocenters. The first-order valence-corrected chi connectivity index (χ1v) is 9.63. The van der Waals surface area contributed by atoms with Crippen LogP contribution in [0, 0.1) is 11.3 Å². The normalized spacial score (nSPS) is 12.8. The Balaban J connectivity index is 1.50. The van der Waals surface area contributed by atoms with E-state index < -0.39 is 5.97 Å². The molecule has 31 heavy (non-hydrogen) atoms. The second-order valence-electron chi connectivity index (χ2n) is 7.10. The summed E-state index contributed by atoms with van der Waals surface area (Å²) in [5.74, 6) is -0.549. The van der Waals surface area contributed by atoms with Gasteiger partial charge < -0.3 is 9.64 Å². The van der Waals surface area contributed by atoms with Gasteiger partial charge in [-0.2, -0.15) is 5.26 Å². The summed E-state index contributed by atoms with van der Waals surface area (Å²) in [4.78, 5) is 36.7. The Labute approximate surface area is 179 Å². The fourth-order valence-electron chi connectivity index (χ4n) is 3.34. The van der Waals surface area contributed by atoms with Crippen molar-refractivity contribution in [1.29, 1.82) is 5.26 Å². The highest BCUT2D eigenvalue weighted by atomic mass is 16.5. The third-order valence-corrected chi connectivity index (χ3v) is 4.99. The first kappa shape index (κ1) is 20.0. The smallest absolute Gasteiger partial charge is 0.357 e. The van der Waals surface area contributed by atoms with Crippen LogP contribution in [0.15, 0.2) is 60.9 Å². The Kier molecular flexibility index (Phi) is 5.58. The molecule has 1 aliphatic heterocycles. The van der Waals surface area contributed by atoms with Crippen LogP contribution < -0.4 is 4.90 Å². The second kappa shape index (κ2) is 8.63. The van der Waals surface area contributed by atoms with E-state index in [0.717, 1.165) is 11.1 Å². The number of rotatable bonds is 5. The summed E-state index contributed by atoms with van der Waals surface area (Å²) < 4.78 is 5.31. The van der Waals surface area contributed by atoms with E-state index in [4.69, 9.17) is 10.00 Å². The first-order chi connectivity index (χ1) is 15.0. The lowest BCUT2D eigenvalue weighted by molar-refractivity contribution is 0.0460. The maximum Gasteiger partial charge on any atom is 0.357 e. The Morgan fingerprint density at radius 2 is 2.00 bits per heavy atom. The van der Waals surface area contributed by atoms with Crippen molar-refractivity contribution in [1.82, 2.24) is 14.9 Å². The quantitative estimate of drug-likeness (QED) is 0.595. The number of esters is 1. The van der Waals surface area contributed by atoms with Crippen LogP contribution in [0.25, 0.3) is 0 Å². The standard InChI is InChI=1S/C23H19N5O3/c1-27-21-12-26-20(22(29)31-15-19-4-2-3-9-25-19)10-18(21)14-28(23(27)30)13-17-7-5-16(11-24)6-8-17/h2-10,12H,13-15H2,1H3. The predicted octanol–water partition coefficient (Wildman–Crippen LogP) is 3.28. The summed E-state index contributed by atoms with van der Waals surface area (Å²) in [6.07, 6.45) is 3.15. The average molecular weight is 413 g/mol. The van der Waals surface area contributed by atoms with Gasteiger partial charge in [-0.1, -0.05) is 18.2 Å². The summed E-state index contributed by atoms with van der Waals surface area (Å²) in [7, 11) is 1.67. The monoisotopic (exact) mass is 413 g/mol. The van der Waals surface area contributed by atoms with Crippen LogP contribution in [0.4, 0.5) is 10.5 Å². The average Bonchev–Trinajstić information content (AvgIpc) is 2.81. The third kappa shape index (κ3) is 4.36. The summed E-state index contributed by atoms with van der Waals surface area (Å²) in [5, 5.41) is 8.94. The topological polar surface area (TPSA) is 99.4 Å². The molecule has 154 valence electrons. The highest BCUT2D eigenvalue weighted by Gasteiger charge is 2.29. The molecule has 0 bridgehead atoms. The van der Waals surface area contributed by atoms with Crippen LogP contribution in [0.2, 0.25) is 0 Å². The first-order valence-electron chi connectivity index (χ1n) is 9.63. The Morgan fingerprint density at radius 3 is 2.71 bits per heavy atom. The van der Waals surface area contributed by atoms with Crippen molar-refractivity contribution in [3.8, 4) is 6.07 Å². The van der Waals surface area contributed by atoms with E-state index >= 15 is 0 Å². The molecular weight excluding hydrogens is 394 g/mol. The summed E-state index contributed by atoms with van der Waals surface area (Å²) in [5.41, 5.74) is 3.76. The van der Waals surface area contributed by atoms with Gasteiger partial charge >= 0.3 is 12.0 Å². The number of hydrogen-bond acceptors (Lipinski definition) is 6. The zero-order valence-corrected chi connectivity index (χ0v) is 16.9. The summed E-state index contributed by atoms with van der Waals surface area (Å²) >= 11 is 0. The van der Waals surface area contributed by atoms with Gasteiger partial charge in [0.1, 0.15) is 12.3 Å². The van der Waals surface area contributed by atoms with Crippen molar-refractivity contribution in [3.05, 3.63) is 89.0 Å². The minimum atomic E-state index is -0.549. The van der Waals surface area contributed by atoms with Crippen LogP contribution in [-0.4, -0.2) is 33.9 Å². The highest BCUT2D eigenvalue weighted by molar-refractivity contribution is 5.95. The molecule has 0 spiro atoms. The van der Waals surface area contributed by atoms with Crippen LogP contribution >= 0.6 is 0 Å². The Hall–Kier alpha value is -4.25. The number of fused-ring (bicyclic) bond motifs is 1. The molecule has 3 heterocycles. The van der Waals surface area contributed by atoms with Gasteiger partial charge in [0, 0.05) is 26.3 Å². The largest absolute Gasteiger partial charge is 0.454 e. The molecule has 1 aromatic carbocycles. The van der Waals surface area contributed by atoms with Gasteiger partial charge in [0.25, 0.3) is 0 Å². The number of carbonyl (C=O) groups excluding carboxylic acids is 2. The number of aromatic nitrogens is 2. The maximum absolute atomic E-state index is 12.8. The van der Waals surface area contributed by atoms with Gasteiger partial charge in [0.15, 0.2) is 0 Å². The number of carbonyl (C=O) groups is 2. The zero-order chi connectivity index (χ0) is 21.8. The van der Waals surface area contributed by atoms with Gasteiger partial charge in [-0.15, -0.1) is 0 Å². The number of pyridine rings is 2. The molecule has 0 saturated carbocycles. The van der Waals surface area contributed by atoms with Crippen molar-refractivity contribution >= 4 is 17.7 Å². The maximum atomic E-state index is 12.8. The number of anilines is 1. The van der Waals surface area contributed by atoms with Gasteiger partial charge in [-0.05, 0) is 41.5 Å². The van der Waals surface area contributed by atoms with E-state index in [1.165, 1.54) is 11.1 Å². The lowest BCUT2D eigenvalue weighted by Gasteiger charge is -2.35. The van der Waals surface area contributed by atoms with Crippen molar-refractivity contribution in [2.45, 2.75) is 19.7 Å². The third-order valence-electron chi connectivity index (χ3n) is 4.99. The number of nitriles is 1. The molecule has 0 fully saturated rings. The van der Waals surface area contributed by atoms with E-state index in [0.29, 0.717) is 30.0 Å². The fourth-order valence-corrected chi connectivity index (χ4v) is 3.34. The number of ether oxygens (including phenoxy) is 1. The molecule has 1 aliphatic rings. The number of amides is 2. The molecule has 2 amide bonds. The van der Waals surface area contributed by atoms with E-state index in [1.807, 2.05) is 18.2 Å². The number of urea groups is 1. The van der Waals surface area contributed by atoms with Gasteiger partial charge in [0.2, 0.25) is 0 Å². The molecule has 3 aromatic rings. The van der Waals surface area contributed by atoms with Gasteiger partial charge in [-0.3, -0.25) is 9.88 Å². The number of nitrogens with zero attached hydrogens (tertiary/aromatic N) is 5. The molecule has 2 aromatic heterocycles. The Bertz CT molecular complexity index is 1160. The number of benzene rings is 1. The second-order valence-corrected chi connectivity index (χ2v) is 7.10. The molecule has 8 nitrogen and oxygen atoms in total. The van der Waals surface area contributed by atoms with Gasteiger partial charge in [-0.25, -0.2) is 14.6 Å². The van der Waals surface area contributed by atoms with Crippen molar-refractivity contribution in [2.24, 2.45) is 0 Å². The van der Waals surface area contributed by atoms with Crippen LogP contribution in [0.5, 0.6) is 0 Å². The Morgan fingerprint density at radius 1 is 1.19 bits per heavy atom. The lowest BCUT2D eigenvalue weighted by Crippen LogP contribution is -2.44. The molecule has 0 N–H and O–H groups in total. The molecular formula is C23H19N5O3. The highest BCUT2D eigenvalue weighted by Crippen LogP contribution is 2.28.